The SMILES string of the molecule is CCc1ncnc2c(C(=O)Nc3c(C)ccc4c(Nc5ccc6c(c5)N(CC)CCN6CC)nccc34)csc12. The number of aromatic nitrogens is 3. The molecule has 0 bridgehead atoms. The van der Waals surface area contributed by atoms with E-state index in [0.717, 1.165) is 76.5 Å². The molecule has 5 aromatic rings. The summed E-state index contributed by atoms with van der Waals surface area (Å²) in [5.74, 6) is 0.573. The molecule has 1 amide bonds. The van der Waals surface area contributed by atoms with Crippen molar-refractivity contribution in [2.45, 2.75) is 34.1 Å². The molecule has 0 saturated heterocycles. The van der Waals surface area contributed by atoms with Gasteiger partial charge in [0.05, 0.1) is 38.5 Å². The molecule has 0 spiro atoms. The average molecular weight is 552 g/mol. The molecule has 1 aliphatic rings. The van der Waals surface area contributed by atoms with E-state index < -0.39 is 0 Å². The van der Waals surface area contributed by atoms with Gasteiger partial charge in [0.2, 0.25) is 0 Å². The highest BCUT2D eigenvalue weighted by atomic mass is 32.1. The zero-order valence-electron chi connectivity index (χ0n) is 23.3. The summed E-state index contributed by atoms with van der Waals surface area (Å²) in [6.45, 7) is 12.5. The molecule has 0 saturated carbocycles. The smallest absolute Gasteiger partial charge is 0.258 e. The number of likely N-dealkylation sites (N-methyl/N-ethyl adjacent to an activating group) is 2. The summed E-state index contributed by atoms with van der Waals surface area (Å²) < 4.78 is 0.967. The molecule has 0 unspecified atom stereocenters. The Hall–Kier alpha value is -4.24. The summed E-state index contributed by atoms with van der Waals surface area (Å²) in [5, 5.41) is 10.5. The molecule has 1 aliphatic heterocycles. The molecule has 0 aliphatic carbocycles. The fourth-order valence-electron chi connectivity index (χ4n) is 5.52. The lowest BCUT2D eigenvalue weighted by Gasteiger charge is -2.38. The molecule has 40 heavy (non-hydrogen) atoms. The van der Waals surface area contributed by atoms with Crippen molar-refractivity contribution in [3.63, 3.8) is 0 Å². The number of hydrogen-bond donors (Lipinski definition) is 2. The molecular weight excluding hydrogens is 518 g/mol. The van der Waals surface area contributed by atoms with Crippen LogP contribution in [0, 0.1) is 6.92 Å². The maximum atomic E-state index is 13.5. The van der Waals surface area contributed by atoms with Crippen molar-refractivity contribution in [1.29, 1.82) is 0 Å². The highest BCUT2D eigenvalue weighted by Crippen LogP contribution is 2.38. The summed E-state index contributed by atoms with van der Waals surface area (Å²) in [4.78, 5) is 31.8. The predicted octanol–water partition coefficient (Wildman–Crippen LogP) is 6.77. The number of thiophene rings is 1. The van der Waals surface area contributed by atoms with Crippen LogP contribution in [0.2, 0.25) is 0 Å². The number of nitrogens with zero attached hydrogens (tertiary/aromatic N) is 5. The van der Waals surface area contributed by atoms with E-state index in [1.165, 1.54) is 29.0 Å². The summed E-state index contributed by atoms with van der Waals surface area (Å²) in [5.41, 5.74) is 7.48. The number of pyridine rings is 1. The molecule has 0 atom stereocenters. The molecule has 204 valence electrons. The van der Waals surface area contributed by atoms with E-state index in [4.69, 9.17) is 0 Å². The molecule has 9 heteroatoms. The molecular formula is C31H33N7OS. The first kappa shape index (κ1) is 26.0. The number of rotatable bonds is 7. The minimum atomic E-state index is -0.177. The van der Waals surface area contributed by atoms with Crippen molar-refractivity contribution in [3.05, 3.63) is 71.1 Å². The Morgan fingerprint density at radius 2 is 1.75 bits per heavy atom. The van der Waals surface area contributed by atoms with Gasteiger partial charge in [-0.3, -0.25) is 4.79 Å². The van der Waals surface area contributed by atoms with Crippen molar-refractivity contribution < 1.29 is 4.79 Å². The van der Waals surface area contributed by atoms with E-state index in [2.05, 4.69) is 80.4 Å². The van der Waals surface area contributed by atoms with Gasteiger partial charge in [0, 0.05) is 54.2 Å². The van der Waals surface area contributed by atoms with Crippen molar-refractivity contribution in [2.75, 3.05) is 46.6 Å². The van der Waals surface area contributed by atoms with E-state index >= 15 is 0 Å². The van der Waals surface area contributed by atoms with Gasteiger partial charge in [0.25, 0.3) is 5.91 Å². The number of fused-ring (bicyclic) bond motifs is 3. The molecule has 4 heterocycles. The van der Waals surface area contributed by atoms with E-state index in [-0.39, 0.29) is 5.91 Å². The van der Waals surface area contributed by atoms with E-state index in [0.29, 0.717) is 11.1 Å². The second kappa shape index (κ2) is 10.7. The van der Waals surface area contributed by atoms with Gasteiger partial charge in [0.1, 0.15) is 12.1 Å². The fraction of sp³-hybridized carbons (Fsp3) is 0.290. The summed E-state index contributed by atoms with van der Waals surface area (Å²) >= 11 is 1.52. The Morgan fingerprint density at radius 3 is 2.52 bits per heavy atom. The highest BCUT2D eigenvalue weighted by Gasteiger charge is 2.22. The minimum Gasteiger partial charge on any atom is -0.368 e. The third-order valence-corrected chi connectivity index (χ3v) is 8.74. The van der Waals surface area contributed by atoms with Crippen LogP contribution in [0.1, 0.15) is 42.4 Å². The first-order valence-corrected chi connectivity index (χ1v) is 14.7. The van der Waals surface area contributed by atoms with Crippen LogP contribution >= 0.6 is 11.3 Å². The maximum absolute atomic E-state index is 13.5. The van der Waals surface area contributed by atoms with Crippen LogP contribution in [0.5, 0.6) is 0 Å². The van der Waals surface area contributed by atoms with Gasteiger partial charge >= 0.3 is 0 Å². The van der Waals surface area contributed by atoms with Crippen LogP contribution in [0.4, 0.5) is 28.6 Å². The summed E-state index contributed by atoms with van der Waals surface area (Å²) in [6.07, 6.45) is 4.12. The Morgan fingerprint density at radius 1 is 0.950 bits per heavy atom. The lowest BCUT2D eigenvalue weighted by atomic mass is 10.0. The number of anilines is 5. The quantitative estimate of drug-likeness (QED) is 0.231. The molecule has 2 N–H and O–H groups in total. The summed E-state index contributed by atoms with van der Waals surface area (Å²) in [7, 11) is 0. The molecule has 2 aromatic carbocycles. The standard InChI is InChI=1S/C31H33N7OS/c1-5-24-29-28(34-18-33-24)23(17-40-29)31(39)36-27-19(4)8-10-22-21(27)12-13-32-30(22)35-20-9-11-25-26(16-20)38(7-3)15-14-37(25)6-2/h8-13,16-18H,5-7,14-15H2,1-4H3,(H,32,35)(H,36,39). The number of nitrogens with one attached hydrogen (secondary N) is 2. The number of aryl methyl sites for hydroxylation is 2. The second-order valence-corrected chi connectivity index (χ2v) is 10.8. The maximum Gasteiger partial charge on any atom is 0.258 e. The van der Waals surface area contributed by atoms with Gasteiger partial charge in [-0.2, -0.15) is 0 Å². The Bertz CT molecular complexity index is 1730. The van der Waals surface area contributed by atoms with Crippen molar-refractivity contribution in [1.82, 2.24) is 15.0 Å². The third-order valence-electron chi connectivity index (χ3n) is 7.72. The van der Waals surface area contributed by atoms with Gasteiger partial charge in [-0.25, -0.2) is 15.0 Å². The van der Waals surface area contributed by atoms with Crippen molar-refractivity contribution >= 4 is 66.8 Å². The molecule has 6 rings (SSSR count). The van der Waals surface area contributed by atoms with E-state index in [1.54, 1.807) is 6.20 Å². The third kappa shape index (κ3) is 4.50. The van der Waals surface area contributed by atoms with Gasteiger partial charge in [-0.15, -0.1) is 11.3 Å². The van der Waals surface area contributed by atoms with E-state index in [1.807, 2.05) is 24.4 Å². The van der Waals surface area contributed by atoms with Crippen LogP contribution in [0.15, 0.2) is 54.3 Å². The first-order valence-electron chi connectivity index (χ1n) is 13.8. The van der Waals surface area contributed by atoms with Gasteiger partial charge in [0.15, 0.2) is 0 Å². The Balaban J connectivity index is 1.34. The molecule has 0 radical (unpaired) electrons. The second-order valence-electron chi connectivity index (χ2n) is 9.96. The number of hydrogen-bond acceptors (Lipinski definition) is 8. The Kier molecular flexibility index (Phi) is 6.98. The summed E-state index contributed by atoms with van der Waals surface area (Å²) in [6, 6.07) is 12.6. The number of carbonyl (C=O) groups excluding carboxylic acids is 1. The van der Waals surface area contributed by atoms with Crippen molar-refractivity contribution in [2.24, 2.45) is 0 Å². The number of carbonyl (C=O) groups is 1. The van der Waals surface area contributed by atoms with Gasteiger partial charge in [-0.05, 0) is 57.0 Å². The lowest BCUT2D eigenvalue weighted by Crippen LogP contribution is -2.40. The molecule has 0 fully saturated rings. The minimum absolute atomic E-state index is 0.177. The Labute approximate surface area is 238 Å². The molecule has 3 aromatic heterocycles. The fourth-order valence-corrected chi connectivity index (χ4v) is 6.58. The highest BCUT2D eigenvalue weighted by molar-refractivity contribution is 7.17. The predicted molar refractivity (Wildman–Crippen MR) is 167 cm³/mol. The van der Waals surface area contributed by atoms with Crippen molar-refractivity contribution in [3.8, 4) is 0 Å². The molecule has 8 nitrogen and oxygen atoms in total. The van der Waals surface area contributed by atoms with Crippen LogP contribution in [0.3, 0.4) is 0 Å². The zero-order valence-corrected chi connectivity index (χ0v) is 24.1. The van der Waals surface area contributed by atoms with Crippen LogP contribution in [-0.4, -0.2) is 47.0 Å². The zero-order chi connectivity index (χ0) is 27.8. The topological polar surface area (TPSA) is 86.3 Å². The largest absolute Gasteiger partial charge is 0.368 e. The average Bonchev–Trinajstić information content (AvgIpc) is 3.42. The van der Waals surface area contributed by atoms with Crippen LogP contribution < -0.4 is 20.4 Å². The lowest BCUT2D eigenvalue weighted by molar-refractivity contribution is 0.102. The number of amides is 1. The van der Waals surface area contributed by atoms with Crippen LogP contribution in [0.25, 0.3) is 21.0 Å². The van der Waals surface area contributed by atoms with Crippen LogP contribution in [-0.2, 0) is 6.42 Å². The normalized spacial score (nSPS) is 13.1. The first-order chi connectivity index (χ1) is 19.5. The monoisotopic (exact) mass is 551 g/mol. The van der Waals surface area contributed by atoms with Gasteiger partial charge in [-0.1, -0.05) is 19.1 Å². The van der Waals surface area contributed by atoms with Gasteiger partial charge < -0.3 is 20.4 Å². The van der Waals surface area contributed by atoms with E-state index in [9.17, 15) is 4.79 Å². The number of benzene rings is 2.